The van der Waals surface area contributed by atoms with Crippen LogP contribution in [0.5, 0.6) is 0 Å². The number of pyridine rings is 1. The van der Waals surface area contributed by atoms with Crippen molar-refractivity contribution >= 4 is 45.1 Å². The summed E-state index contributed by atoms with van der Waals surface area (Å²) in [5, 5.41) is 0.654. The molecule has 0 bridgehead atoms. The van der Waals surface area contributed by atoms with Gasteiger partial charge in [0.2, 0.25) is 0 Å². The van der Waals surface area contributed by atoms with Crippen molar-refractivity contribution in [1.29, 1.82) is 0 Å². The van der Waals surface area contributed by atoms with Crippen molar-refractivity contribution in [1.82, 2.24) is 4.98 Å². The maximum atomic E-state index is 11.9. The molecule has 0 fully saturated rings. The third-order valence-corrected chi connectivity index (χ3v) is 3.45. The molecule has 98 valence electrons. The van der Waals surface area contributed by atoms with Gasteiger partial charge in [-0.2, -0.15) is 0 Å². The van der Waals surface area contributed by atoms with E-state index >= 15 is 0 Å². The van der Waals surface area contributed by atoms with Gasteiger partial charge in [-0.15, -0.1) is 0 Å². The molecule has 0 radical (unpaired) electrons. The van der Waals surface area contributed by atoms with Crippen molar-refractivity contribution in [2.24, 2.45) is 0 Å². The summed E-state index contributed by atoms with van der Waals surface area (Å²) in [6, 6.07) is 8.71. The van der Waals surface area contributed by atoms with Crippen molar-refractivity contribution in [2.45, 2.75) is 6.61 Å². The fourth-order valence-electron chi connectivity index (χ4n) is 1.40. The van der Waals surface area contributed by atoms with Gasteiger partial charge in [-0.05, 0) is 28.1 Å². The van der Waals surface area contributed by atoms with Crippen molar-refractivity contribution in [3.8, 4) is 0 Å². The van der Waals surface area contributed by atoms with Crippen LogP contribution in [0, 0.1) is 0 Å². The molecule has 0 N–H and O–H groups in total. The fraction of sp³-hybridized carbons (Fsp3) is 0.0769. The Morgan fingerprint density at radius 2 is 2.05 bits per heavy atom. The Kier molecular flexibility index (Phi) is 4.80. The normalized spacial score (nSPS) is 10.3. The third kappa shape index (κ3) is 3.69. The van der Waals surface area contributed by atoms with Gasteiger partial charge in [-0.25, -0.2) is 9.78 Å². The van der Waals surface area contributed by atoms with Gasteiger partial charge in [0.1, 0.15) is 11.8 Å². The Morgan fingerprint density at radius 3 is 2.79 bits per heavy atom. The zero-order chi connectivity index (χ0) is 13.8. The topological polar surface area (TPSA) is 39.2 Å². The first-order valence-electron chi connectivity index (χ1n) is 5.29. The van der Waals surface area contributed by atoms with Gasteiger partial charge in [0, 0.05) is 21.3 Å². The standard InChI is InChI=1S/C13H8BrCl2NO2/c14-9-5-10(12(16)17-6-9)13(18)19-7-8-3-1-2-4-11(8)15/h1-6H,7H2. The van der Waals surface area contributed by atoms with Crippen LogP contribution in [0.1, 0.15) is 15.9 Å². The van der Waals surface area contributed by atoms with Gasteiger partial charge >= 0.3 is 5.97 Å². The molecule has 0 unspecified atom stereocenters. The van der Waals surface area contributed by atoms with Gasteiger partial charge in [-0.1, -0.05) is 41.4 Å². The minimum Gasteiger partial charge on any atom is -0.457 e. The van der Waals surface area contributed by atoms with Gasteiger partial charge in [0.15, 0.2) is 0 Å². The summed E-state index contributed by atoms with van der Waals surface area (Å²) in [7, 11) is 0. The summed E-state index contributed by atoms with van der Waals surface area (Å²) in [4.78, 5) is 15.8. The zero-order valence-corrected chi connectivity index (χ0v) is 12.7. The number of halogens is 3. The van der Waals surface area contributed by atoms with Gasteiger partial charge < -0.3 is 4.74 Å². The molecule has 0 atom stereocenters. The van der Waals surface area contributed by atoms with Crippen LogP contribution in [0.25, 0.3) is 0 Å². The van der Waals surface area contributed by atoms with Gasteiger partial charge in [-0.3, -0.25) is 0 Å². The van der Waals surface area contributed by atoms with Crippen LogP contribution in [-0.4, -0.2) is 11.0 Å². The average Bonchev–Trinajstić information content (AvgIpc) is 2.40. The molecule has 0 saturated heterocycles. The van der Waals surface area contributed by atoms with Crippen LogP contribution in [0.4, 0.5) is 0 Å². The van der Waals surface area contributed by atoms with Crippen molar-refractivity contribution in [3.05, 3.63) is 62.3 Å². The van der Waals surface area contributed by atoms with E-state index in [9.17, 15) is 4.79 Å². The van der Waals surface area contributed by atoms with E-state index in [0.29, 0.717) is 9.50 Å². The number of aromatic nitrogens is 1. The molecule has 6 heteroatoms. The largest absolute Gasteiger partial charge is 0.457 e. The smallest absolute Gasteiger partial charge is 0.341 e. The second kappa shape index (κ2) is 6.37. The quantitative estimate of drug-likeness (QED) is 0.597. The third-order valence-electron chi connectivity index (χ3n) is 2.34. The predicted octanol–water partition coefficient (Wildman–Crippen LogP) is 4.51. The molecule has 1 aromatic heterocycles. The van der Waals surface area contributed by atoms with Crippen molar-refractivity contribution in [2.75, 3.05) is 0 Å². The molecule has 0 aliphatic heterocycles. The fourth-order valence-corrected chi connectivity index (χ4v) is 2.10. The average molecular weight is 361 g/mol. The Morgan fingerprint density at radius 1 is 1.32 bits per heavy atom. The molecular weight excluding hydrogens is 353 g/mol. The highest BCUT2D eigenvalue weighted by Crippen LogP contribution is 2.21. The summed E-state index contributed by atoms with van der Waals surface area (Å²) in [5.74, 6) is -0.543. The van der Waals surface area contributed by atoms with Crippen molar-refractivity contribution in [3.63, 3.8) is 0 Å². The van der Waals surface area contributed by atoms with Gasteiger partial charge in [0.25, 0.3) is 0 Å². The molecule has 3 nitrogen and oxygen atoms in total. The van der Waals surface area contributed by atoms with Crippen LogP contribution in [0.2, 0.25) is 10.2 Å². The predicted molar refractivity (Wildman–Crippen MR) is 77.5 cm³/mol. The molecule has 0 aliphatic carbocycles. The molecule has 19 heavy (non-hydrogen) atoms. The minimum absolute atomic E-state index is 0.0847. The number of benzene rings is 1. The lowest BCUT2D eigenvalue weighted by molar-refractivity contribution is 0.0472. The van der Waals surface area contributed by atoms with E-state index in [1.54, 1.807) is 18.2 Å². The summed E-state index contributed by atoms with van der Waals surface area (Å²) < 4.78 is 5.82. The summed E-state index contributed by atoms with van der Waals surface area (Å²) in [6.45, 7) is 0.0847. The van der Waals surface area contributed by atoms with E-state index in [1.165, 1.54) is 6.20 Å². The monoisotopic (exact) mass is 359 g/mol. The lowest BCUT2D eigenvalue weighted by Gasteiger charge is -2.07. The Hall–Kier alpha value is -1.10. The number of hydrogen-bond acceptors (Lipinski definition) is 3. The van der Waals surface area contributed by atoms with Crippen LogP contribution in [-0.2, 0) is 11.3 Å². The molecule has 2 rings (SSSR count). The van der Waals surface area contributed by atoms with Crippen LogP contribution >= 0.6 is 39.1 Å². The van der Waals surface area contributed by atoms with Crippen LogP contribution < -0.4 is 0 Å². The highest BCUT2D eigenvalue weighted by Gasteiger charge is 2.14. The van der Waals surface area contributed by atoms with Crippen LogP contribution in [0.15, 0.2) is 41.0 Å². The molecule has 0 saturated carbocycles. The van der Waals surface area contributed by atoms with Crippen LogP contribution in [0.3, 0.4) is 0 Å². The molecule has 1 aromatic carbocycles. The minimum atomic E-state index is -0.543. The highest BCUT2D eigenvalue weighted by molar-refractivity contribution is 9.10. The Bertz CT molecular complexity index is 619. The SMILES string of the molecule is O=C(OCc1ccccc1Cl)c1cc(Br)cnc1Cl. The molecule has 0 spiro atoms. The van der Waals surface area contributed by atoms with E-state index in [0.717, 1.165) is 5.56 Å². The number of carbonyl (C=O) groups excluding carboxylic acids is 1. The van der Waals surface area contributed by atoms with E-state index in [4.69, 9.17) is 27.9 Å². The second-order valence-corrected chi connectivity index (χ2v) is 5.34. The molecule has 0 amide bonds. The number of rotatable bonds is 3. The number of ether oxygens (including phenoxy) is 1. The van der Waals surface area contributed by atoms with Gasteiger partial charge in [0.05, 0.1) is 5.56 Å². The first-order valence-corrected chi connectivity index (χ1v) is 6.84. The maximum absolute atomic E-state index is 11.9. The number of nitrogens with zero attached hydrogens (tertiary/aromatic N) is 1. The number of hydrogen-bond donors (Lipinski definition) is 0. The lowest BCUT2D eigenvalue weighted by atomic mass is 10.2. The molecule has 1 heterocycles. The Balaban J connectivity index is 2.10. The second-order valence-electron chi connectivity index (χ2n) is 3.66. The highest BCUT2D eigenvalue weighted by atomic mass is 79.9. The van der Waals surface area contributed by atoms with E-state index in [2.05, 4.69) is 20.9 Å². The Labute approximate surface area is 128 Å². The number of esters is 1. The summed E-state index contributed by atoms with van der Waals surface area (Å²) >= 11 is 15.0. The summed E-state index contributed by atoms with van der Waals surface area (Å²) in [5.41, 5.74) is 0.944. The maximum Gasteiger partial charge on any atom is 0.341 e. The molecule has 2 aromatic rings. The van der Waals surface area contributed by atoms with E-state index in [-0.39, 0.29) is 17.3 Å². The van der Waals surface area contributed by atoms with Crippen molar-refractivity contribution < 1.29 is 9.53 Å². The lowest BCUT2D eigenvalue weighted by Crippen LogP contribution is -2.07. The first-order chi connectivity index (χ1) is 9.08. The first kappa shape index (κ1) is 14.3. The summed E-state index contributed by atoms with van der Waals surface area (Å²) in [6.07, 6.45) is 1.51. The molecule has 0 aliphatic rings. The number of carbonyl (C=O) groups is 1. The van der Waals surface area contributed by atoms with E-state index < -0.39 is 5.97 Å². The van der Waals surface area contributed by atoms with E-state index in [1.807, 2.05) is 12.1 Å². The zero-order valence-electron chi connectivity index (χ0n) is 9.57. The molecular formula is C13H8BrCl2NO2.